The average Bonchev–Trinajstić information content (AvgIpc) is 3.25. The Morgan fingerprint density at radius 3 is 2.70 bits per heavy atom. The van der Waals surface area contributed by atoms with Crippen LogP contribution in [0, 0.1) is 6.92 Å². The van der Waals surface area contributed by atoms with E-state index >= 15 is 0 Å². The number of nitrogens with zero attached hydrogens (tertiary/aromatic N) is 4. The van der Waals surface area contributed by atoms with Gasteiger partial charge in [0, 0.05) is 38.4 Å². The summed E-state index contributed by atoms with van der Waals surface area (Å²) in [7, 11) is 0. The fourth-order valence-corrected chi connectivity index (χ4v) is 3.80. The molecule has 1 aliphatic heterocycles. The molecule has 1 saturated heterocycles. The van der Waals surface area contributed by atoms with Gasteiger partial charge in [-0.1, -0.05) is 18.0 Å². The van der Waals surface area contributed by atoms with Crippen LogP contribution in [0.4, 0.5) is 0 Å². The first-order chi connectivity index (χ1) is 11.2. The van der Waals surface area contributed by atoms with Crippen LogP contribution in [0.15, 0.2) is 16.8 Å². The van der Waals surface area contributed by atoms with E-state index < -0.39 is 0 Å². The summed E-state index contributed by atoms with van der Waals surface area (Å²) in [5.74, 6) is 0.0612. The maximum atomic E-state index is 12.7. The molecule has 3 heterocycles. The van der Waals surface area contributed by atoms with Crippen molar-refractivity contribution in [2.45, 2.75) is 38.6 Å². The molecule has 2 aromatic rings. The van der Waals surface area contributed by atoms with E-state index in [9.17, 15) is 4.79 Å². The second-order valence-electron chi connectivity index (χ2n) is 6.61. The number of piperazine rings is 1. The van der Waals surface area contributed by atoms with Crippen LogP contribution in [0.2, 0.25) is 0 Å². The van der Waals surface area contributed by atoms with Gasteiger partial charge in [-0.3, -0.25) is 9.69 Å². The Morgan fingerprint density at radius 1 is 1.22 bits per heavy atom. The molecule has 2 aromatic heterocycles. The van der Waals surface area contributed by atoms with Gasteiger partial charge in [0.25, 0.3) is 11.6 Å². The molecule has 0 atom stereocenters. The molecule has 0 spiro atoms. The van der Waals surface area contributed by atoms with Gasteiger partial charge in [-0.2, -0.15) is 0 Å². The third-order valence-electron chi connectivity index (χ3n) is 5.20. The number of carbonyl (C=O) groups excluding carboxylic acids is 1. The summed E-state index contributed by atoms with van der Waals surface area (Å²) in [6.07, 6.45) is 6.95. The van der Waals surface area contributed by atoms with E-state index in [1.54, 1.807) is 6.20 Å². The number of aromatic nitrogens is 2. The van der Waals surface area contributed by atoms with Crippen molar-refractivity contribution in [2.24, 2.45) is 0 Å². The molecule has 2 fully saturated rings. The van der Waals surface area contributed by atoms with Crippen LogP contribution in [-0.2, 0) is 0 Å². The van der Waals surface area contributed by atoms with Crippen molar-refractivity contribution in [1.82, 2.24) is 19.9 Å². The summed E-state index contributed by atoms with van der Waals surface area (Å²) < 4.78 is 5.11. The van der Waals surface area contributed by atoms with Crippen molar-refractivity contribution in [3.05, 3.63) is 23.5 Å². The molecule has 1 aliphatic carbocycles. The van der Waals surface area contributed by atoms with Crippen molar-refractivity contribution >= 4 is 17.0 Å². The number of pyridine rings is 1. The van der Waals surface area contributed by atoms with Crippen LogP contribution >= 0.6 is 0 Å². The predicted octanol–water partition coefficient (Wildman–Crippen LogP) is 2.23. The lowest BCUT2D eigenvalue weighted by Gasteiger charge is -2.38. The van der Waals surface area contributed by atoms with Crippen LogP contribution in [0.5, 0.6) is 0 Å². The molecule has 0 N–H and O–H groups in total. The van der Waals surface area contributed by atoms with E-state index in [0.29, 0.717) is 11.3 Å². The standard InChI is InChI=1S/C17H22N4O2/c1-12-15-10-13(11-18-16(15)23-19-12)17(22)21-8-6-20(7-9-21)14-4-2-3-5-14/h10-11,14H,2-9H2,1H3. The van der Waals surface area contributed by atoms with Crippen LogP contribution < -0.4 is 0 Å². The fraction of sp³-hybridized carbons (Fsp3) is 0.588. The number of hydrogen-bond donors (Lipinski definition) is 0. The summed E-state index contributed by atoms with van der Waals surface area (Å²) in [6.45, 7) is 5.44. The molecule has 0 radical (unpaired) electrons. The van der Waals surface area contributed by atoms with E-state index in [-0.39, 0.29) is 5.91 Å². The monoisotopic (exact) mass is 314 g/mol. The molecule has 0 bridgehead atoms. The SMILES string of the molecule is Cc1noc2ncc(C(=O)N3CCN(C4CCCC4)CC3)cc12. The van der Waals surface area contributed by atoms with E-state index in [2.05, 4.69) is 15.0 Å². The van der Waals surface area contributed by atoms with Gasteiger partial charge in [0.05, 0.1) is 16.6 Å². The minimum atomic E-state index is 0.0612. The highest BCUT2D eigenvalue weighted by molar-refractivity contribution is 5.97. The first-order valence-corrected chi connectivity index (χ1v) is 8.48. The zero-order valence-electron chi connectivity index (χ0n) is 13.5. The summed E-state index contributed by atoms with van der Waals surface area (Å²) in [4.78, 5) is 21.4. The molecule has 1 amide bonds. The van der Waals surface area contributed by atoms with Crippen molar-refractivity contribution in [1.29, 1.82) is 0 Å². The molecule has 6 nitrogen and oxygen atoms in total. The fourth-order valence-electron chi connectivity index (χ4n) is 3.80. The molecule has 4 rings (SSSR count). The van der Waals surface area contributed by atoms with Crippen LogP contribution in [-0.4, -0.2) is 58.1 Å². The van der Waals surface area contributed by atoms with Crippen LogP contribution in [0.3, 0.4) is 0 Å². The summed E-state index contributed by atoms with van der Waals surface area (Å²) in [5, 5.41) is 4.71. The Kier molecular flexibility index (Phi) is 3.77. The zero-order chi connectivity index (χ0) is 15.8. The molecule has 23 heavy (non-hydrogen) atoms. The predicted molar refractivity (Wildman–Crippen MR) is 86.3 cm³/mol. The quantitative estimate of drug-likeness (QED) is 0.850. The number of fused-ring (bicyclic) bond motifs is 1. The van der Waals surface area contributed by atoms with Gasteiger partial charge in [0.1, 0.15) is 0 Å². The van der Waals surface area contributed by atoms with Gasteiger partial charge in [-0.15, -0.1) is 0 Å². The number of aryl methyl sites for hydroxylation is 1. The summed E-state index contributed by atoms with van der Waals surface area (Å²) in [6, 6.07) is 2.59. The molecule has 1 saturated carbocycles. The Balaban J connectivity index is 1.45. The molecule has 122 valence electrons. The average molecular weight is 314 g/mol. The van der Waals surface area contributed by atoms with Gasteiger partial charge >= 0.3 is 0 Å². The third kappa shape index (κ3) is 2.72. The van der Waals surface area contributed by atoms with E-state index in [4.69, 9.17) is 4.52 Å². The van der Waals surface area contributed by atoms with Gasteiger partial charge < -0.3 is 9.42 Å². The first kappa shape index (κ1) is 14.6. The third-order valence-corrected chi connectivity index (χ3v) is 5.20. The van der Waals surface area contributed by atoms with Crippen LogP contribution in [0.25, 0.3) is 11.1 Å². The summed E-state index contributed by atoms with van der Waals surface area (Å²) >= 11 is 0. The van der Waals surface area contributed by atoms with Gasteiger partial charge in [0.2, 0.25) is 0 Å². The van der Waals surface area contributed by atoms with Gasteiger partial charge in [-0.05, 0) is 25.8 Å². The lowest BCUT2D eigenvalue weighted by molar-refractivity contribution is 0.0573. The molecular formula is C17H22N4O2. The second kappa shape index (κ2) is 5.92. The maximum Gasteiger partial charge on any atom is 0.257 e. The van der Waals surface area contributed by atoms with E-state index in [0.717, 1.165) is 43.3 Å². The Bertz CT molecular complexity index is 712. The van der Waals surface area contributed by atoms with Crippen molar-refractivity contribution < 1.29 is 9.32 Å². The smallest absolute Gasteiger partial charge is 0.257 e. The van der Waals surface area contributed by atoms with Crippen LogP contribution in [0.1, 0.15) is 41.7 Å². The lowest BCUT2D eigenvalue weighted by atomic mass is 10.1. The number of amides is 1. The topological polar surface area (TPSA) is 62.5 Å². The number of hydrogen-bond acceptors (Lipinski definition) is 5. The Morgan fingerprint density at radius 2 is 1.96 bits per heavy atom. The molecule has 6 heteroatoms. The maximum absolute atomic E-state index is 12.7. The lowest BCUT2D eigenvalue weighted by Crippen LogP contribution is -2.51. The molecule has 2 aliphatic rings. The molecular weight excluding hydrogens is 292 g/mol. The van der Waals surface area contributed by atoms with Gasteiger partial charge in [-0.25, -0.2) is 4.98 Å². The first-order valence-electron chi connectivity index (χ1n) is 8.48. The number of rotatable bonds is 2. The zero-order valence-corrected chi connectivity index (χ0v) is 13.5. The minimum absolute atomic E-state index is 0.0612. The summed E-state index contributed by atoms with van der Waals surface area (Å²) in [5.41, 5.74) is 1.89. The van der Waals surface area contributed by atoms with Crippen molar-refractivity contribution in [2.75, 3.05) is 26.2 Å². The number of carbonyl (C=O) groups is 1. The highest BCUT2D eigenvalue weighted by atomic mass is 16.5. The Labute approximate surface area is 135 Å². The van der Waals surface area contributed by atoms with E-state index in [1.807, 2.05) is 17.9 Å². The molecule has 0 aromatic carbocycles. The largest absolute Gasteiger partial charge is 0.336 e. The Hall–Kier alpha value is -1.95. The van der Waals surface area contributed by atoms with Gasteiger partial charge in [0.15, 0.2) is 0 Å². The normalized spacial score (nSPS) is 20.5. The van der Waals surface area contributed by atoms with Crippen molar-refractivity contribution in [3.8, 4) is 0 Å². The highest BCUT2D eigenvalue weighted by Crippen LogP contribution is 2.25. The van der Waals surface area contributed by atoms with Crippen molar-refractivity contribution in [3.63, 3.8) is 0 Å². The minimum Gasteiger partial charge on any atom is -0.336 e. The highest BCUT2D eigenvalue weighted by Gasteiger charge is 2.28. The van der Waals surface area contributed by atoms with E-state index in [1.165, 1.54) is 25.7 Å². The second-order valence-corrected chi connectivity index (χ2v) is 6.61. The molecule has 0 unspecified atom stereocenters.